The first kappa shape index (κ1) is 41.1. The van der Waals surface area contributed by atoms with Crippen molar-refractivity contribution in [2.45, 2.75) is 40.5 Å². The normalized spacial score (nSPS) is 13.4. The van der Waals surface area contributed by atoms with Gasteiger partial charge in [0.25, 0.3) is 4.84 Å². The van der Waals surface area contributed by atoms with Crippen LogP contribution in [0.1, 0.15) is 51.7 Å². The first-order valence-corrected chi connectivity index (χ1v) is 18.9. The predicted molar refractivity (Wildman–Crippen MR) is 225 cm³/mol. The lowest BCUT2D eigenvalue weighted by Gasteiger charge is -2.20. The summed E-state index contributed by atoms with van der Waals surface area (Å²) in [6.07, 6.45) is 6.87. The zero-order valence-electron chi connectivity index (χ0n) is 31.8. The van der Waals surface area contributed by atoms with Crippen LogP contribution in [0, 0.1) is 4.84 Å². The topological polar surface area (TPSA) is 88.0 Å². The molecule has 4 aromatic carbocycles. The molecule has 6 rings (SSSR count). The van der Waals surface area contributed by atoms with Gasteiger partial charge < -0.3 is 28.7 Å². The quantitative estimate of drug-likeness (QED) is 0.0552. The Kier molecular flexibility index (Phi) is 16.6. The minimum atomic E-state index is -0.429. The molecule has 5 aromatic rings. The van der Waals surface area contributed by atoms with E-state index >= 15 is 0 Å². The highest BCUT2D eigenvalue weighted by Crippen LogP contribution is 2.30. The number of hydrogen-bond donors (Lipinski definition) is 1. The van der Waals surface area contributed by atoms with Crippen molar-refractivity contribution in [3.05, 3.63) is 143 Å². The number of ether oxygens (including phenoxy) is 2. The highest BCUT2D eigenvalue weighted by atomic mass is 32.1. The van der Waals surface area contributed by atoms with Gasteiger partial charge in [-0.15, -0.1) is 0 Å². The molecule has 282 valence electrons. The van der Waals surface area contributed by atoms with Crippen LogP contribution in [0.4, 0.5) is 11.4 Å². The van der Waals surface area contributed by atoms with Crippen LogP contribution in [0.2, 0.25) is 0 Å². The minimum absolute atomic E-state index is 0.190. The maximum absolute atomic E-state index is 12.9. The number of ketones is 1. The molecule has 8 nitrogen and oxygen atoms in total. The van der Waals surface area contributed by atoms with Crippen LogP contribution < -0.4 is 14.5 Å². The van der Waals surface area contributed by atoms with Gasteiger partial charge >= 0.3 is 5.97 Å². The van der Waals surface area contributed by atoms with Crippen molar-refractivity contribution in [2.24, 2.45) is 0 Å². The average molecular weight is 746 g/mol. The SMILES string of the molecule is C=CC(=O)OCCOc1ccccc1.CCN(CC)c1ccc(C=C2CCC(=Cc3ccc(N(CC)CC)cc3)C2=O)cc1.S=c1[nH]c2ccccc2o1. The lowest BCUT2D eigenvalue weighted by atomic mass is 10.1. The second kappa shape index (κ2) is 21.8. The smallest absolute Gasteiger partial charge is 0.330 e. The van der Waals surface area contributed by atoms with E-state index in [0.29, 0.717) is 11.4 Å². The number of Topliss-reactive ketones (excluding diaryl/α,β-unsaturated/α-hetero) is 1. The number of allylic oxidation sites excluding steroid dienone is 2. The molecule has 0 unspecified atom stereocenters. The molecular weight excluding hydrogens is 695 g/mol. The number of hydrogen-bond acceptors (Lipinski definition) is 8. The number of fused-ring (bicyclic) bond motifs is 1. The molecule has 1 N–H and O–H groups in total. The second-order valence-electron chi connectivity index (χ2n) is 12.2. The zero-order chi connectivity index (χ0) is 38.7. The molecular formula is C45H51N3O5S. The number of nitrogens with one attached hydrogen (secondary N) is 1. The molecule has 1 fully saturated rings. The third-order valence-corrected chi connectivity index (χ3v) is 8.99. The van der Waals surface area contributed by atoms with Crippen LogP contribution in [-0.2, 0) is 14.3 Å². The zero-order valence-corrected chi connectivity index (χ0v) is 32.6. The summed E-state index contributed by atoms with van der Waals surface area (Å²) in [7, 11) is 0. The van der Waals surface area contributed by atoms with Crippen LogP contribution in [0.3, 0.4) is 0 Å². The predicted octanol–water partition coefficient (Wildman–Crippen LogP) is 10.5. The number of carbonyl (C=O) groups is 2. The van der Waals surface area contributed by atoms with Crippen molar-refractivity contribution in [3.8, 4) is 5.75 Å². The summed E-state index contributed by atoms with van der Waals surface area (Å²) in [5.41, 5.74) is 8.24. The number of esters is 1. The van der Waals surface area contributed by atoms with Gasteiger partial charge in [-0.05, 0) is 125 Å². The number of anilines is 2. The Hall–Kier alpha value is -5.67. The van der Waals surface area contributed by atoms with E-state index in [9.17, 15) is 9.59 Å². The van der Waals surface area contributed by atoms with Crippen molar-refractivity contribution in [1.82, 2.24) is 4.98 Å². The van der Waals surface area contributed by atoms with Gasteiger partial charge in [-0.1, -0.05) is 61.2 Å². The number of H-pyrrole nitrogens is 1. The number of aromatic amines is 1. The molecule has 1 saturated carbocycles. The van der Waals surface area contributed by atoms with Crippen LogP contribution in [-0.4, -0.2) is 56.1 Å². The average Bonchev–Trinajstić information content (AvgIpc) is 3.76. The third-order valence-electron chi connectivity index (χ3n) is 8.80. The number of para-hydroxylation sites is 3. The molecule has 0 saturated heterocycles. The molecule has 1 heterocycles. The van der Waals surface area contributed by atoms with Crippen LogP contribution >= 0.6 is 12.2 Å². The Bertz CT molecular complexity index is 1930. The highest BCUT2D eigenvalue weighted by Gasteiger charge is 2.23. The van der Waals surface area contributed by atoms with Crippen molar-refractivity contribution < 1.29 is 23.5 Å². The molecule has 0 bridgehead atoms. The molecule has 54 heavy (non-hydrogen) atoms. The van der Waals surface area contributed by atoms with Crippen molar-refractivity contribution in [3.63, 3.8) is 0 Å². The molecule has 0 radical (unpaired) electrons. The number of aromatic nitrogens is 1. The van der Waals surface area contributed by atoms with E-state index in [4.69, 9.17) is 26.1 Å². The van der Waals surface area contributed by atoms with E-state index in [1.165, 1.54) is 11.4 Å². The fourth-order valence-corrected chi connectivity index (χ4v) is 6.09. The Balaban J connectivity index is 0.000000220. The molecule has 0 atom stereocenters. The first-order valence-electron chi connectivity index (χ1n) is 18.5. The van der Waals surface area contributed by atoms with Gasteiger partial charge in [-0.25, -0.2) is 4.79 Å². The van der Waals surface area contributed by atoms with E-state index in [1.54, 1.807) is 0 Å². The summed E-state index contributed by atoms with van der Waals surface area (Å²) in [6, 6.07) is 34.0. The van der Waals surface area contributed by atoms with E-state index in [2.05, 4.69) is 110 Å². The van der Waals surface area contributed by atoms with Crippen molar-refractivity contribution in [1.29, 1.82) is 0 Å². The third kappa shape index (κ3) is 12.5. The molecule has 9 heteroatoms. The number of benzene rings is 4. The Morgan fingerprint density at radius 3 is 1.72 bits per heavy atom. The molecule has 0 aliphatic heterocycles. The number of nitrogens with zero attached hydrogens (tertiary/aromatic N) is 2. The van der Waals surface area contributed by atoms with Gasteiger partial charge in [0.2, 0.25) is 0 Å². The number of oxazole rings is 1. The van der Waals surface area contributed by atoms with Gasteiger partial charge in [-0.3, -0.25) is 4.79 Å². The van der Waals surface area contributed by atoms with Gasteiger partial charge in [0.15, 0.2) is 11.4 Å². The number of rotatable bonds is 13. The summed E-state index contributed by atoms with van der Waals surface area (Å²) in [5, 5.41) is 0. The van der Waals surface area contributed by atoms with Crippen LogP contribution in [0.5, 0.6) is 5.75 Å². The summed E-state index contributed by atoms with van der Waals surface area (Å²) in [6.45, 7) is 16.5. The van der Waals surface area contributed by atoms with Gasteiger partial charge in [0, 0.05) is 54.8 Å². The van der Waals surface area contributed by atoms with Crippen molar-refractivity contribution >= 4 is 58.6 Å². The van der Waals surface area contributed by atoms with Crippen LogP contribution in [0.25, 0.3) is 23.3 Å². The standard InChI is InChI=1S/C27H34N2O.C11H12O3.C7H5NOS/c1-5-28(6-2)25-15-9-21(10-16-25)19-23-13-14-24(27(23)30)20-22-11-17-26(18-12-22)29(7-3)8-4;1-2-11(12)14-9-8-13-10-6-4-3-5-7-10;10-7-8-5-3-1-2-4-6(5)9-7/h9-12,15-20H,5-8,13-14H2,1-4H3;2-7H,1,8-9H2;1-4H,(H,8,10). The largest absolute Gasteiger partial charge is 0.490 e. The highest BCUT2D eigenvalue weighted by molar-refractivity contribution is 7.71. The van der Waals surface area contributed by atoms with Crippen LogP contribution in [0.15, 0.2) is 131 Å². The summed E-state index contributed by atoms with van der Waals surface area (Å²) in [4.78, 5) is 31.5. The Morgan fingerprint density at radius 1 is 0.741 bits per heavy atom. The van der Waals surface area contributed by atoms with Crippen molar-refractivity contribution in [2.75, 3.05) is 49.2 Å². The van der Waals surface area contributed by atoms with E-state index in [1.807, 2.05) is 54.6 Å². The number of carbonyl (C=O) groups excluding carboxylic acids is 2. The summed E-state index contributed by atoms with van der Waals surface area (Å²) >= 11 is 4.79. The lowest BCUT2D eigenvalue weighted by molar-refractivity contribution is -0.138. The van der Waals surface area contributed by atoms with E-state index < -0.39 is 5.97 Å². The summed E-state index contributed by atoms with van der Waals surface area (Å²) < 4.78 is 15.1. The molecule has 0 amide bonds. The molecule has 1 aromatic heterocycles. The Labute approximate surface area is 324 Å². The van der Waals surface area contributed by atoms with Gasteiger partial charge in [0.1, 0.15) is 19.0 Å². The fourth-order valence-electron chi connectivity index (χ4n) is 5.89. The van der Waals surface area contributed by atoms with Gasteiger partial charge in [0.05, 0.1) is 5.52 Å². The summed E-state index contributed by atoms with van der Waals surface area (Å²) in [5.74, 6) is 0.527. The second-order valence-corrected chi connectivity index (χ2v) is 12.6. The molecule has 1 aliphatic rings. The maximum atomic E-state index is 12.9. The monoisotopic (exact) mass is 745 g/mol. The van der Waals surface area contributed by atoms with E-state index in [-0.39, 0.29) is 12.4 Å². The molecule has 1 aliphatic carbocycles. The maximum Gasteiger partial charge on any atom is 0.330 e. The fraction of sp³-hybridized carbons (Fsp3) is 0.267. The van der Waals surface area contributed by atoms with Gasteiger partial charge in [-0.2, -0.15) is 0 Å². The lowest BCUT2D eigenvalue weighted by Crippen LogP contribution is -2.21. The first-order chi connectivity index (χ1) is 26.3. The Morgan fingerprint density at radius 2 is 1.24 bits per heavy atom. The van der Waals surface area contributed by atoms with E-state index in [0.717, 1.165) is 84.2 Å². The minimum Gasteiger partial charge on any atom is -0.490 e. The molecule has 0 spiro atoms.